The van der Waals surface area contributed by atoms with Crippen molar-refractivity contribution in [3.8, 4) is 16.9 Å². The second-order valence-electron chi connectivity index (χ2n) is 6.20. The molecule has 0 bridgehead atoms. The molecule has 3 aromatic rings. The van der Waals surface area contributed by atoms with E-state index in [4.69, 9.17) is 0 Å². The molecule has 0 aliphatic heterocycles. The van der Waals surface area contributed by atoms with Crippen molar-refractivity contribution in [2.24, 2.45) is 0 Å². The van der Waals surface area contributed by atoms with Gasteiger partial charge >= 0.3 is 0 Å². The molecule has 0 saturated heterocycles. The number of phenols is 1. The van der Waals surface area contributed by atoms with Gasteiger partial charge in [-0.05, 0) is 35.4 Å². The fourth-order valence-electron chi connectivity index (χ4n) is 2.89. The number of anilines is 1. The summed E-state index contributed by atoms with van der Waals surface area (Å²) < 4.78 is 0. The highest BCUT2D eigenvalue weighted by Crippen LogP contribution is 2.26. The van der Waals surface area contributed by atoms with Crippen molar-refractivity contribution in [3.63, 3.8) is 0 Å². The van der Waals surface area contributed by atoms with Gasteiger partial charge in [-0.15, -0.1) is 0 Å². The highest BCUT2D eigenvalue weighted by atomic mass is 16.3. The smallest absolute Gasteiger partial charge is 0.259 e. The van der Waals surface area contributed by atoms with Crippen LogP contribution in [0, 0.1) is 0 Å². The number of hydrogen-bond acceptors (Lipinski definition) is 3. The molecule has 0 aromatic heterocycles. The monoisotopic (exact) mass is 356 g/mol. The lowest BCUT2D eigenvalue weighted by molar-refractivity contribution is 0.102. The second-order valence-corrected chi connectivity index (χ2v) is 6.20. The zero-order chi connectivity index (χ0) is 19.2. The Labute approximate surface area is 159 Å². The van der Waals surface area contributed by atoms with E-state index in [9.17, 15) is 14.7 Å². The number of aromatic hydroxyl groups is 1. The lowest BCUT2D eigenvalue weighted by atomic mass is 9.75. The minimum atomic E-state index is -0.459. The maximum absolute atomic E-state index is 12.7. The third-order valence-electron chi connectivity index (χ3n) is 4.28. The molecule has 0 spiro atoms. The SMILES string of the molecule is C[B]Cc1ccc(O)c(C(=O)Nc2cc(-c3ccccc3)ccc2C=O)c1. The summed E-state index contributed by atoms with van der Waals surface area (Å²) in [7, 11) is 1.97. The molecule has 133 valence electrons. The quantitative estimate of drug-likeness (QED) is 0.509. The molecule has 4 nitrogen and oxygen atoms in total. The van der Waals surface area contributed by atoms with E-state index < -0.39 is 5.91 Å². The summed E-state index contributed by atoms with van der Waals surface area (Å²) in [6, 6.07) is 19.9. The number of hydrogen-bond donors (Lipinski definition) is 2. The Bertz CT molecular complexity index is 971. The van der Waals surface area contributed by atoms with Crippen LogP contribution >= 0.6 is 0 Å². The van der Waals surface area contributed by atoms with Crippen LogP contribution in [0.15, 0.2) is 66.7 Å². The maximum Gasteiger partial charge on any atom is 0.259 e. The molecule has 1 radical (unpaired) electrons. The molecule has 0 saturated carbocycles. The fourth-order valence-corrected chi connectivity index (χ4v) is 2.89. The summed E-state index contributed by atoms with van der Waals surface area (Å²) in [5.74, 6) is -0.557. The second kappa shape index (κ2) is 8.36. The van der Waals surface area contributed by atoms with Crippen LogP contribution in [0.25, 0.3) is 11.1 Å². The van der Waals surface area contributed by atoms with Crippen LogP contribution in [0.1, 0.15) is 26.3 Å². The zero-order valence-corrected chi connectivity index (χ0v) is 15.0. The zero-order valence-electron chi connectivity index (χ0n) is 15.0. The van der Waals surface area contributed by atoms with Crippen molar-refractivity contribution in [1.29, 1.82) is 0 Å². The first-order chi connectivity index (χ1) is 13.1. The first-order valence-electron chi connectivity index (χ1n) is 8.68. The summed E-state index contributed by atoms with van der Waals surface area (Å²) >= 11 is 0. The molecule has 0 fully saturated rings. The molecular weight excluding hydrogens is 337 g/mol. The van der Waals surface area contributed by atoms with Gasteiger partial charge in [0.1, 0.15) is 13.0 Å². The van der Waals surface area contributed by atoms with E-state index in [2.05, 4.69) is 5.32 Å². The van der Waals surface area contributed by atoms with Gasteiger partial charge in [-0.3, -0.25) is 9.59 Å². The van der Waals surface area contributed by atoms with Crippen LogP contribution in [-0.4, -0.2) is 24.6 Å². The van der Waals surface area contributed by atoms with E-state index in [1.807, 2.05) is 50.5 Å². The standard InChI is InChI=1S/C22H19BNO3/c1-23-13-15-7-10-21(26)19(11-15)22(27)24-20-12-17(8-9-18(20)14-25)16-5-3-2-4-6-16/h2-12,14,26H,13H2,1H3,(H,24,27). The lowest BCUT2D eigenvalue weighted by Gasteiger charge is -2.12. The van der Waals surface area contributed by atoms with Crippen LogP contribution in [0.2, 0.25) is 6.82 Å². The van der Waals surface area contributed by atoms with Crippen molar-refractivity contribution in [2.45, 2.75) is 13.1 Å². The van der Waals surface area contributed by atoms with Crippen LogP contribution in [-0.2, 0) is 6.32 Å². The topological polar surface area (TPSA) is 66.4 Å². The van der Waals surface area contributed by atoms with Gasteiger partial charge in [-0.2, -0.15) is 0 Å². The molecule has 0 unspecified atom stereocenters. The normalized spacial score (nSPS) is 10.3. The number of phenolic OH excluding ortho intramolecular Hbond substituents is 1. The number of rotatable bonds is 6. The number of nitrogens with one attached hydrogen (secondary N) is 1. The fraction of sp³-hybridized carbons (Fsp3) is 0.0909. The van der Waals surface area contributed by atoms with Gasteiger partial charge in [0.05, 0.1) is 11.3 Å². The van der Waals surface area contributed by atoms with Crippen molar-refractivity contribution in [1.82, 2.24) is 0 Å². The predicted octanol–water partition coefficient (Wildman–Crippen LogP) is 4.38. The number of amides is 1. The predicted molar refractivity (Wildman–Crippen MR) is 109 cm³/mol. The van der Waals surface area contributed by atoms with Crippen molar-refractivity contribution in [3.05, 3.63) is 83.4 Å². The van der Waals surface area contributed by atoms with Crippen LogP contribution < -0.4 is 5.32 Å². The molecule has 2 N–H and O–H groups in total. The average Bonchev–Trinajstić information content (AvgIpc) is 2.70. The summed E-state index contributed by atoms with van der Waals surface area (Å²) in [4.78, 5) is 24.1. The third kappa shape index (κ3) is 4.26. The van der Waals surface area contributed by atoms with Crippen LogP contribution in [0.5, 0.6) is 5.75 Å². The molecule has 27 heavy (non-hydrogen) atoms. The number of benzene rings is 3. The van der Waals surface area contributed by atoms with Gasteiger partial charge in [-0.25, -0.2) is 0 Å². The van der Waals surface area contributed by atoms with Gasteiger partial charge in [-0.1, -0.05) is 61.2 Å². The average molecular weight is 356 g/mol. The van der Waals surface area contributed by atoms with Gasteiger partial charge in [0, 0.05) is 5.56 Å². The van der Waals surface area contributed by atoms with E-state index in [-0.39, 0.29) is 11.3 Å². The van der Waals surface area contributed by atoms with Crippen molar-refractivity contribution in [2.75, 3.05) is 5.32 Å². The minimum absolute atomic E-state index is 0.0979. The van der Waals surface area contributed by atoms with Crippen LogP contribution in [0.3, 0.4) is 0 Å². The van der Waals surface area contributed by atoms with Crippen molar-refractivity contribution < 1.29 is 14.7 Å². The molecule has 1 amide bonds. The Balaban J connectivity index is 1.93. The Morgan fingerprint density at radius 3 is 2.52 bits per heavy atom. The largest absolute Gasteiger partial charge is 0.507 e. The maximum atomic E-state index is 12.7. The number of carbonyl (C=O) groups excluding carboxylic acids is 2. The third-order valence-corrected chi connectivity index (χ3v) is 4.28. The number of aldehydes is 1. The van der Waals surface area contributed by atoms with E-state index >= 15 is 0 Å². The van der Waals surface area contributed by atoms with E-state index in [1.54, 1.807) is 24.3 Å². The van der Waals surface area contributed by atoms with E-state index in [0.29, 0.717) is 23.9 Å². The van der Waals surface area contributed by atoms with E-state index in [1.165, 1.54) is 6.07 Å². The molecule has 0 aliphatic rings. The minimum Gasteiger partial charge on any atom is -0.507 e. The van der Waals surface area contributed by atoms with Gasteiger partial charge < -0.3 is 10.4 Å². The summed E-state index contributed by atoms with van der Waals surface area (Å²) in [5.41, 5.74) is 3.75. The van der Waals surface area contributed by atoms with Crippen molar-refractivity contribution >= 4 is 25.2 Å². The molecule has 3 aromatic carbocycles. The summed E-state index contributed by atoms with van der Waals surface area (Å²) in [5, 5.41) is 12.8. The summed E-state index contributed by atoms with van der Waals surface area (Å²) in [6.07, 6.45) is 1.40. The van der Waals surface area contributed by atoms with Gasteiger partial charge in [0.25, 0.3) is 5.91 Å². The Kier molecular flexibility index (Phi) is 5.72. The highest BCUT2D eigenvalue weighted by Gasteiger charge is 2.15. The molecule has 0 heterocycles. The highest BCUT2D eigenvalue weighted by molar-refractivity contribution is 6.32. The molecule has 0 atom stereocenters. The van der Waals surface area contributed by atoms with Crippen LogP contribution in [0.4, 0.5) is 5.69 Å². The van der Waals surface area contributed by atoms with Gasteiger partial charge in [0.2, 0.25) is 0 Å². The molecular formula is C22H19BNO3. The summed E-state index contributed by atoms with van der Waals surface area (Å²) in [6.45, 7) is 1.93. The molecule has 5 heteroatoms. The lowest BCUT2D eigenvalue weighted by Crippen LogP contribution is -2.14. The molecule has 0 aliphatic carbocycles. The molecule has 3 rings (SSSR count). The van der Waals surface area contributed by atoms with Gasteiger partial charge in [0.15, 0.2) is 6.29 Å². The Morgan fingerprint density at radius 1 is 1.04 bits per heavy atom. The Morgan fingerprint density at radius 2 is 1.81 bits per heavy atom. The first kappa shape index (κ1) is 18.5. The van der Waals surface area contributed by atoms with E-state index in [0.717, 1.165) is 16.7 Å². The Hall–Kier alpha value is -3.34. The first-order valence-corrected chi connectivity index (χ1v) is 8.68. The number of carbonyl (C=O) groups is 2.